The summed E-state index contributed by atoms with van der Waals surface area (Å²) in [5.41, 5.74) is 10.0. The second-order valence-electron chi connectivity index (χ2n) is 4.31. The van der Waals surface area contributed by atoms with Gasteiger partial charge in [-0.3, -0.25) is 0 Å². The molecular formula is C14H26N2O2. The SMILES string of the molecule is C=CC(N)(C=CCCN)C(=O)OCCCCCC. The van der Waals surface area contributed by atoms with Crippen LogP contribution < -0.4 is 11.5 Å². The van der Waals surface area contributed by atoms with Crippen molar-refractivity contribution in [1.82, 2.24) is 0 Å². The van der Waals surface area contributed by atoms with E-state index in [1.54, 1.807) is 12.2 Å². The highest BCUT2D eigenvalue weighted by atomic mass is 16.5. The van der Waals surface area contributed by atoms with Crippen molar-refractivity contribution in [2.24, 2.45) is 11.5 Å². The number of unbranched alkanes of at least 4 members (excludes halogenated alkanes) is 3. The van der Waals surface area contributed by atoms with Crippen molar-refractivity contribution in [2.75, 3.05) is 13.2 Å². The average molecular weight is 254 g/mol. The number of hydrogen-bond acceptors (Lipinski definition) is 4. The van der Waals surface area contributed by atoms with Crippen LogP contribution in [-0.2, 0) is 9.53 Å². The molecule has 0 aliphatic heterocycles. The summed E-state index contributed by atoms with van der Waals surface area (Å²) in [6, 6.07) is 0. The summed E-state index contributed by atoms with van der Waals surface area (Å²) in [6.45, 7) is 6.65. The summed E-state index contributed by atoms with van der Waals surface area (Å²) in [7, 11) is 0. The van der Waals surface area contributed by atoms with Gasteiger partial charge in [0.2, 0.25) is 0 Å². The van der Waals surface area contributed by atoms with Crippen LogP contribution in [0.2, 0.25) is 0 Å². The maximum absolute atomic E-state index is 11.8. The van der Waals surface area contributed by atoms with Crippen LogP contribution in [0.15, 0.2) is 24.8 Å². The Hall–Kier alpha value is -1.13. The Bertz CT molecular complexity index is 277. The van der Waals surface area contributed by atoms with E-state index in [2.05, 4.69) is 13.5 Å². The van der Waals surface area contributed by atoms with Crippen LogP contribution in [0.3, 0.4) is 0 Å². The van der Waals surface area contributed by atoms with E-state index in [0.29, 0.717) is 19.6 Å². The van der Waals surface area contributed by atoms with Gasteiger partial charge in [-0.15, -0.1) is 6.58 Å². The van der Waals surface area contributed by atoms with E-state index in [4.69, 9.17) is 16.2 Å². The molecule has 104 valence electrons. The molecule has 0 radical (unpaired) electrons. The van der Waals surface area contributed by atoms with Gasteiger partial charge in [0.05, 0.1) is 6.61 Å². The third-order valence-electron chi connectivity index (χ3n) is 2.65. The van der Waals surface area contributed by atoms with Crippen LogP contribution >= 0.6 is 0 Å². The van der Waals surface area contributed by atoms with Gasteiger partial charge >= 0.3 is 5.97 Å². The van der Waals surface area contributed by atoms with Crippen molar-refractivity contribution < 1.29 is 9.53 Å². The lowest BCUT2D eigenvalue weighted by Gasteiger charge is -2.19. The summed E-state index contributed by atoms with van der Waals surface area (Å²) in [5.74, 6) is -0.456. The second-order valence-corrected chi connectivity index (χ2v) is 4.31. The molecule has 0 aromatic rings. The fraction of sp³-hybridized carbons (Fsp3) is 0.643. The topological polar surface area (TPSA) is 78.3 Å². The molecule has 4 N–H and O–H groups in total. The predicted octanol–water partition coefficient (Wildman–Crippen LogP) is 1.90. The first-order valence-corrected chi connectivity index (χ1v) is 6.58. The maximum Gasteiger partial charge on any atom is 0.334 e. The first kappa shape index (κ1) is 16.9. The Morgan fingerprint density at radius 1 is 1.39 bits per heavy atom. The largest absolute Gasteiger partial charge is 0.464 e. The molecule has 0 aromatic carbocycles. The Morgan fingerprint density at radius 2 is 2.11 bits per heavy atom. The molecule has 1 atom stereocenters. The van der Waals surface area contributed by atoms with Crippen LogP contribution in [0.4, 0.5) is 0 Å². The molecule has 1 unspecified atom stereocenters. The molecule has 0 spiro atoms. The quantitative estimate of drug-likeness (QED) is 0.354. The van der Waals surface area contributed by atoms with Crippen LogP contribution in [-0.4, -0.2) is 24.7 Å². The Kier molecular flexibility index (Phi) is 9.24. The average Bonchev–Trinajstić information content (AvgIpc) is 2.38. The maximum atomic E-state index is 11.8. The van der Waals surface area contributed by atoms with E-state index in [0.717, 1.165) is 25.7 Å². The number of rotatable bonds is 10. The number of carbonyl (C=O) groups is 1. The van der Waals surface area contributed by atoms with Crippen molar-refractivity contribution in [3.05, 3.63) is 24.8 Å². The van der Waals surface area contributed by atoms with Gasteiger partial charge in [0.15, 0.2) is 5.54 Å². The normalized spacial score (nSPS) is 14.4. The van der Waals surface area contributed by atoms with Gasteiger partial charge in [-0.05, 0) is 19.4 Å². The Morgan fingerprint density at radius 3 is 2.67 bits per heavy atom. The standard InChI is InChI=1S/C14H26N2O2/c1-3-5-6-9-12-18-13(17)14(16,4-2)10-7-8-11-15/h4,7,10H,2-3,5-6,8-9,11-12,15-16H2,1H3. The van der Waals surface area contributed by atoms with E-state index in [1.165, 1.54) is 6.08 Å². The van der Waals surface area contributed by atoms with Crippen LogP contribution in [0.5, 0.6) is 0 Å². The molecule has 0 aliphatic carbocycles. The minimum atomic E-state index is -1.24. The lowest BCUT2D eigenvalue weighted by atomic mass is 10.0. The molecule has 0 aliphatic rings. The highest BCUT2D eigenvalue weighted by Crippen LogP contribution is 2.09. The fourth-order valence-corrected chi connectivity index (χ4v) is 1.41. The first-order chi connectivity index (χ1) is 8.60. The van der Waals surface area contributed by atoms with Crippen LogP contribution in [0.25, 0.3) is 0 Å². The van der Waals surface area contributed by atoms with Gasteiger partial charge in [0.1, 0.15) is 0 Å². The van der Waals surface area contributed by atoms with Gasteiger partial charge in [0.25, 0.3) is 0 Å². The summed E-state index contributed by atoms with van der Waals surface area (Å²) < 4.78 is 5.16. The van der Waals surface area contributed by atoms with Crippen molar-refractivity contribution in [3.8, 4) is 0 Å². The van der Waals surface area contributed by atoms with Gasteiger partial charge in [-0.25, -0.2) is 4.79 Å². The summed E-state index contributed by atoms with van der Waals surface area (Å²) in [4.78, 5) is 11.8. The molecule has 18 heavy (non-hydrogen) atoms. The molecule has 4 nitrogen and oxygen atoms in total. The number of nitrogens with two attached hydrogens (primary N) is 2. The zero-order valence-electron chi connectivity index (χ0n) is 11.4. The molecule has 0 rings (SSSR count). The van der Waals surface area contributed by atoms with Crippen LogP contribution in [0.1, 0.15) is 39.0 Å². The second kappa shape index (κ2) is 9.85. The molecule has 0 amide bonds. The molecule has 4 heteroatoms. The minimum absolute atomic E-state index is 0.413. The van der Waals surface area contributed by atoms with Gasteiger partial charge in [-0.2, -0.15) is 0 Å². The summed E-state index contributed by atoms with van der Waals surface area (Å²) >= 11 is 0. The molecule has 0 fully saturated rings. The lowest BCUT2D eigenvalue weighted by Crippen LogP contribution is -2.45. The van der Waals surface area contributed by atoms with Crippen molar-refractivity contribution >= 4 is 5.97 Å². The smallest absolute Gasteiger partial charge is 0.334 e. The lowest BCUT2D eigenvalue weighted by molar-refractivity contribution is -0.146. The monoisotopic (exact) mass is 254 g/mol. The predicted molar refractivity (Wildman–Crippen MR) is 75.0 cm³/mol. The van der Waals surface area contributed by atoms with E-state index < -0.39 is 11.5 Å². The Balaban J connectivity index is 4.12. The van der Waals surface area contributed by atoms with Crippen molar-refractivity contribution in [1.29, 1.82) is 0 Å². The minimum Gasteiger partial charge on any atom is -0.464 e. The van der Waals surface area contributed by atoms with Crippen molar-refractivity contribution in [3.63, 3.8) is 0 Å². The third kappa shape index (κ3) is 6.57. The van der Waals surface area contributed by atoms with E-state index in [9.17, 15) is 4.79 Å². The van der Waals surface area contributed by atoms with E-state index in [-0.39, 0.29) is 0 Å². The number of esters is 1. The first-order valence-electron chi connectivity index (χ1n) is 6.58. The van der Waals surface area contributed by atoms with Gasteiger partial charge in [-0.1, -0.05) is 44.4 Å². The molecule has 0 saturated heterocycles. The summed E-state index contributed by atoms with van der Waals surface area (Å²) in [6.07, 6.45) is 9.70. The molecule has 0 heterocycles. The summed E-state index contributed by atoms with van der Waals surface area (Å²) in [5, 5.41) is 0. The zero-order valence-corrected chi connectivity index (χ0v) is 11.4. The molecule has 0 aromatic heterocycles. The van der Waals surface area contributed by atoms with Crippen LogP contribution in [0, 0.1) is 0 Å². The fourth-order valence-electron chi connectivity index (χ4n) is 1.41. The molecule has 0 saturated carbocycles. The Labute approximate surface area is 110 Å². The number of hydrogen-bond donors (Lipinski definition) is 2. The number of ether oxygens (including phenoxy) is 1. The van der Waals surface area contributed by atoms with E-state index in [1.807, 2.05) is 0 Å². The highest BCUT2D eigenvalue weighted by Gasteiger charge is 2.28. The zero-order chi connectivity index (χ0) is 13.9. The van der Waals surface area contributed by atoms with E-state index >= 15 is 0 Å². The van der Waals surface area contributed by atoms with Crippen molar-refractivity contribution in [2.45, 2.75) is 44.6 Å². The number of carbonyl (C=O) groups excluding carboxylic acids is 1. The third-order valence-corrected chi connectivity index (χ3v) is 2.65. The highest BCUT2D eigenvalue weighted by molar-refractivity contribution is 5.85. The van der Waals surface area contributed by atoms with Gasteiger partial charge < -0.3 is 16.2 Å². The van der Waals surface area contributed by atoms with Gasteiger partial charge in [0, 0.05) is 0 Å². The molecule has 0 bridgehead atoms. The molecular weight excluding hydrogens is 228 g/mol.